The van der Waals surface area contributed by atoms with E-state index in [4.69, 9.17) is 0 Å². The minimum atomic E-state index is 0.118. The standard InChI is InChI=1S/C11H21N3O/c15-11(14-8-2-1-3-9-14)13-7-6-12-10-4-5-10/h10,12H,1-9H2,(H,13,15). The molecule has 2 aliphatic rings. The molecule has 4 nitrogen and oxygen atoms in total. The highest BCUT2D eigenvalue weighted by Gasteiger charge is 2.20. The van der Waals surface area contributed by atoms with Crippen molar-refractivity contribution < 1.29 is 4.79 Å². The number of nitrogens with one attached hydrogen (secondary N) is 2. The second-order valence-electron chi connectivity index (χ2n) is 4.51. The van der Waals surface area contributed by atoms with Gasteiger partial charge < -0.3 is 15.5 Å². The predicted octanol–water partition coefficient (Wildman–Crippen LogP) is 0.934. The van der Waals surface area contributed by atoms with Crippen LogP contribution in [0.4, 0.5) is 4.79 Å². The van der Waals surface area contributed by atoms with Crippen molar-refractivity contribution >= 4 is 6.03 Å². The lowest BCUT2D eigenvalue weighted by molar-refractivity contribution is 0.186. The Bertz CT molecular complexity index is 210. The summed E-state index contributed by atoms with van der Waals surface area (Å²) in [4.78, 5) is 13.6. The monoisotopic (exact) mass is 211 g/mol. The third kappa shape index (κ3) is 3.70. The van der Waals surface area contributed by atoms with Crippen LogP contribution in [0, 0.1) is 0 Å². The van der Waals surface area contributed by atoms with Gasteiger partial charge in [-0.05, 0) is 32.1 Å². The van der Waals surface area contributed by atoms with Crippen molar-refractivity contribution in [3.05, 3.63) is 0 Å². The first kappa shape index (κ1) is 10.7. The molecule has 0 aromatic carbocycles. The Morgan fingerprint density at radius 1 is 1.13 bits per heavy atom. The van der Waals surface area contributed by atoms with Crippen LogP contribution in [0.15, 0.2) is 0 Å². The van der Waals surface area contributed by atoms with Crippen LogP contribution in [-0.2, 0) is 0 Å². The number of rotatable bonds is 4. The van der Waals surface area contributed by atoms with Gasteiger partial charge >= 0.3 is 6.03 Å². The van der Waals surface area contributed by atoms with Gasteiger partial charge in [0.05, 0.1) is 0 Å². The Kier molecular flexibility index (Phi) is 3.83. The number of likely N-dealkylation sites (tertiary alicyclic amines) is 1. The number of hydrogen-bond donors (Lipinski definition) is 2. The molecule has 1 heterocycles. The molecule has 2 rings (SSSR count). The van der Waals surface area contributed by atoms with Crippen LogP contribution in [-0.4, -0.2) is 43.2 Å². The first-order valence-corrected chi connectivity index (χ1v) is 6.12. The van der Waals surface area contributed by atoms with E-state index in [9.17, 15) is 4.79 Å². The van der Waals surface area contributed by atoms with Crippen molar-refractivity contribution in [2.45, 2.75) is 38.1 Å². The fourth-order valence-corrected chi connectivity index (χ4v) is 1.94. The molecule has 1 aliphatic carbocycles. The molecule has 0 radical (unpaired) electrons. The van der Waals surface area contributed by atoms with Crippen molar-refractivity contribution in [3.8, 4) is 0 Å². The number of hydrogen-bond acceptors (Lipinski definition) is 2. The number of piperidine rings is 1. The number of amides is 2. The number of carbonyl (C=O) groups excluding carboxylic acids is 1. The minimum Gasteiger partial charge on any atom is -0.337 e. The molecule has 1 saturated carbocycles. The molecule has 1 aliphatic heterocycles. The summed E-state index contributed by atoms with van der Waals surface area (Å²) in [6.45, 7) is 3.53. The lowest BCUT2D eigenvalue weighted by Crippen LogP contribution is -2.44. The molecule has 2 fully saturated rings. The predicted molar refractivity (Wildman–Crippen MR) is 59.8 cm³/mol. The third-order valence-corrected chi connectivity index (χ3v) is 3.05. The summed E-state index contributed by atoms with van der Waals surface area (Å²) < 4.78 is 0. The molecule has 0 unspecified atom stereocenters. The lowest BCUT2D eigenvalue weighted by atomic mass is 10.1. The fraction of sp³-hybridized carbons (Fsp3) is 0.909. The summed E-state index contributed by atoms with van der Waals surface area (Å²) in [5.74, 6) is 0. The lowest BCUT2D eigenvalue weighted by Gasteiger charge is -2.26. The maximum absolute atomic E-state index is 11.6. The van der Waals surface area contributed by atoms with E-state index in [1.54, 1.807) is 0 Å². The molecule has 0 aromatic rings. The van der Waals surface area contributed by atoms with Crippen molar-refractivity contribution in [2.75, 3.05) is 26.2 Å². The average molecular weight is 211 g/mol. The number of carbonyl (C=O) groups is 1. The molecule has 86 valence electrons. The van der Waals surface area contributed by atoms with Gasteiger partial charge in [0.1, 0.15) is 0 Å². The number of nitrogens with zero attached hydrogens (tertiary/aromatic N) is 1. The fourth-order valence-electron chi connectivity index (χ4n) is 1.94. The van der Waals surface area contributed by atoms with Gasteiger partial charge in [-0.1, -0.05) is 0 Å². The van der Waals surface area contributed by atoms with Crippen LogP contribution < -0.4 is 10.6 Å². The normalized spacial score (nSPS) is 21.5. The van der Waals surface area contributed by atoms with Crippen molar-refractivity contribution in [3.63, 3.8) is 0 Å². The Hall–Kier alpha value is -0.770. The Labute approximate surface area is 91.4 Å². The molecule has 0 aromatic heterocycles. The molecule has 15 heavy (non-hydrogen) atoms. The summed E-state index contributed by atoms with van der Waals surface area (Å²) in [5, 5.41) is 6.34. The largest absolute Gasteiger partial charge is 0.337 e. The maximum atomic E-state index is 11.6. The third-order valence-electron chi connectivity index (χ3n) is 3.05. The summed E-state index contributed by atoms with van der Waals surface area (Å²) in [6, 6.07) is 0.851. The SMILES string of the molecule is O=C(NCCNC1CC1)N1CCCCC1. The zero-order valence-electron chi connectivity index (χ0n) is 9.30. The van der Waals surface area contributed by atoms with Gasteiger partial charge in [0.15, 0.2) is 0 Å². The molecule has 2 amide bonds. The summed E-state index contributed by atoms with van der Waals surface area (Å²) >= 11 is 0. The van der Waals surface area contributed by atoms with Gasteiger partial charge in [0, 0.05) is 32.2 Å². The highest BCUT2D eigenvalue weighted by atomic mass is 16.2. The van der Waals surface area contributed by atoms with Crippen LogP contribution in [0.3, 0.4) is 0 Å². The van der Waals surface area contributed by atoms with Crippen LogP contribution in [0.5, 0.6) is 0 Å². The van der Waals surface area contributed by atoms with Crippen LogP contribution in [0.25, 0.3) is 0 Å². The highest BCUT2D eigenvalue weighted by Crippen LogP contribution is 2.17. The maximum Gasteiger partial charge on any atom is 0.317 e. The van der Waals surface area contributed by atoms with Crippen LogP contribution >= 0.6 is 0 Å². The van der Waals surface area contributed by atoms with Crippen LogP contribution in [0.1, 0.15) is 32.1 Å². The van der Waals surface area contributed by atoms with E-state index in [1.165, 1.54) is 19.3 Å². The van der Waals surface area contributed by atoms with Crippen LogP contribution in [0.2, 0.25) is 0 Å². The smallest absolute Gasteiger partial charge is 0.317 e. The summed E-state index contributed by atoms with van der Waals surface area (Å²) in [6.07, 6.45) is 6.20. The zero-order chi connectivity index (χ0) is 10.5. The molecule has 0 bridgehead atoms. The van der Waals surface area contributed by atoms with Crippen molar-refractivity contribution in [1.82, 2.24) is 15.5 Å². The van der Waals surface area contributed by atoms with E-state index in [2.05, 4.69) is 10.6 Å². The van der Waals surface area contributed by atoms with Crippen molar-refractivity contribution in [1.29, 1.82) is 0 Å². The molecule has 4 heteroatoms. The highest BCUT2D eigenvalue weighted by molar-refractivity contribution is 5.74. The van der Waals surface area contributed by atoms with E-state index < -0.39 is 0 Å². The molecular weight excluding hydrogens is 190 g/mol. The first-order valence-electron chi connectivity index (χ1n) is 6.12. The number of urea groups is 1. The minimum absolute atomic E-state index is 0.118. The Morgan fingerprint density at radius 3 is 2.53 bits per heavy atom. The first-order chi connectivity index (χ1) is 7.36. The van der Waals surface area contributed by atoms with E-state index >= 15 is 0 Å². The topological polar surface area (TPSA) is 44.4 Å². The van der Waals surface area contributed by atoms with Gasteiger partial charge in [-0.3, -0.25) is 0 Å². The van der Waals surface area contributed by atoms with Crippen molar-refractivity contribution in [2.24, 2.45) is 0 Å². The van der Waals surface area contributed by atoms with Gasteiger partial charge in [-0.25, -0.2) is 4.79 Å². The van der Waals surface area contributed by atoms with E-state index in [1.807, 2.05) is 4.90 Å². The summed E-state index contributed by atoms with van der Waals surface area (Å²) in [7, 11) is 0. The second-order valence-corrected chi connectivity index (χ2v) is 4.51. The summed E-state index contributed by atoms with van der Waals surface area (Å²) in [5.41, 5.74) is 0. The quantitative estimate of drug-likeness (QED) is 0.680. The average Bonchev–Trinajstić information content (AvgIpc) is 3.09. The van der Waals surface area contributed by atoms with E-state index in [0.29, 0.717) is 0 Å². The van der Waals surface area contributed by atoms with Gasteiger partial charge in [0.25, 0.3) is 0 Å². The van der Waals surface area contributed by atoms with Gasteiger partial charge in [-0.15, -0.1) is 0 Å². The van der Waals surface area contributed by atoms with Gasteiger partial charge in [0.2, 0.25) is 0 Å². The molecular formula is C11H21N3O. The Balaban J connectivity index is 1.54. The molecule has 1 saturated heterocycles. The van der Waals surface area contributed by atoms with E-state index in [-0.39, 0.29) is 6.03 Å². The van der Waals surface area contributed by atoms with Gasteiger partial charge in [-0.2, -0.15) is 0 Å². The Morgan fingerprint density at radius 2 is 1.87 bits per heavy atom. The molecule has 2 N–H and O–H groups in total. The van der Waals surface area contributed by atoms with E-state index in [0.717, 1.165) is 45.1 Å². The zero-order valence-corrected chi connectivity index (χ0v) is 9.30. The molecule has 0 spiro atoms. The second kappa shape index (κ2) is 5.35. The molecule has 0 atom stereocenters.